The van der Waals surface area contributed by atoms with Gasteiger partial charge in [-0.1, -0.05) is 82.3 Å². The van der Waals surface area contributed by atoms with Crippen molar-refractivity contribution in [2.45, 2.75) is 81.7 Å². The van der Waals surface area contributed by atoms with Crippen molar-refractivity contribution < 1.29 is 38.7 Å². The molecule has 4 aromatic rings. The number of rotatable bonds is 12. The van der Waals surface area contributed by atoms with Crippen LogP contribution in [0.5, 0.6) is 5.75 Å². The highest BCUT2D eigenvalue weighted by Gasteiger charge is 2.34. The highest BCUT2D eigenvalue weighted by atomic mass is 33.1. The molecular formula is C43H53N9O8S2. The number of amides is 7. The first-order valence-corrected chi connectivity index (χ1v) is 22.7. The number of aromatic hydroxyl groups is 1. The Balaban J connectivity index is 1.55. The van der Waals surface area contributed by atoms with Crippen LogP contribution in [0.25, 0.3) is 10.9 Å². The lowest BCUT2D eigenvalue weighted by atomic mass is 10.0. The van der Waals surface area contributed by atoms with Crippen molar-refractivity contribution in [1.82, 2.24) is 36.9 Å². The van der Waals surface area contributed by atoms with Crippen LogP contribution in [0, 0.1) is 0 Å². The molecule has 330 valence electrons. The Morgan fingerprint density at radius 1 is 0.677 bits per heavy atom. The zero-order chi connectivity index (χ0) is 44.6. The Bertz CT molecular complexity index is 2190. The van der Waals surface area contributed by atoms with Crippen molar-refractivity contribution in [1.29, 1.82) is 0 Å². The van der Waals surface area contributed by atoms with E-state index in [2.05, 4.69) is 36.9 Å². The Kier molecular flexibility index (Phi) is 17.6. The third kappa shape index (κ3) is 14.0. The molecule has 6 atom stereocenters. The van der Waals surface area contributed by atoms with Crippen LogP contribution in [0.1, 0.15) is 42.9 Å². The summed E-state index contributed by atoms with van der Waals surface area (Å²) in [5.41, 5.74) is 14.3. The standard InChI is InChI=1S/C43H53N9O8S2/c1-25(53)47-37-24-62-61-23-36(38(45)55)52-41(58)34(20-27-14-16-29(54)17-15-27)49-39(56)32(13-7-8-18-44)48-42(59)35(21-28-22-46-31-12-6-5-11-30(28)31)51-40(57)33(50-43(37)60)19-26-9-3-2-4-10-26/h2-6,9-12,14-17,22,32-37,46,54H,7-8,13,18-21,23-24,44H2,1H3,(H2,45,55)(H,47,53)(H,48,59)(H,49,56)(H,50,60)(H,51,57)(H,52,58)/t32-,33-,34-,35-,36-,37-/m0/s1. The number of carbonyl (C=O) groups is 7. The summed E-state index contributed by atoms with van der Waals surface area (Å²) >= 11 is 0. The number of para-hydroxylation sites is 1. The van der Waals surface area contributed by atoms with Crippen LogP contribution in [-0.4, -0.2) is 106 Å². The summed E-state index contributed by atoms with van der Waals surface area (Å²) in [5, 5.41) is 27.2. The average Bonchev–Trinajstić information content (AvgIpc) is 3.66. The number of phenols is 1. The van der Waals surface area contributed by atoms with Crippen LogP contribution in [-0.2, 0) is 52.8 Å². The number of nitrogens with one attached hydrogen (secondary N) is 7. The molecule has 5 rings (SSSR count). The maximum Gasteiger partial charge on any atom is 0.244 e. The second-order valence-electron chi connectivity index (χ2n) is 14.9. The normalized spacial score (nSPS) is 22.3. The minimum Gasteiger partial charge on any atom is -0.508 e. The predicted molar refractivity (Wildman–Crippen MR) is 238 cm³/mol. The first-order chi connectivity index (χ1) is 29.8. The van der Waals surface area contributed by atoms with E-state index in [1.807, 2.05) is 30.3 Å². The fraction of sp³-hybridized carbons (Fsp3) is 0.372. The van der Waals surface area contributed by atoms with E-state index in [0.717, 1.165) is 32.5 Å². The topological polar surface area (TPSA) is 280 Å². The van der Waals surface area contributed by atoms with Gasteiger partial charge in [0.25, 0.3) is 0 Å². The molecule has 3 aromatic carbocycles. The number of carbonyl (C=O) groups excluding carboxylic acids is 7. The fourth-order valence-corrected chi connectivity index (χ4v) is 9.19. The summed E-state index contributed by atoms with van der Waals surface area (Å²) in [6, 6.07) is 15.1. The smallest absolute Gasteiger partial charge is 0.244 e. The second kappa shape index (κ2) is 23.2. The zero-order valence-corrected chi connectivity index (χ0v) is 35.8. The summed E-state index contributed by atoms with van der Waals surface area (Å²) in [5.74, 6) is -4.97. The van der Waals surface area contributed by atoms with E-state index in [1.165, 1.54) is 19.1 Å². The Labute approximate surface area is 366 Å². The van der Waals surface area contributed by atoms with Crippen molar-refractivity contribution in [3.8, 4) is 5.75 Å². The van der Waals surface area contributed by atoms with Crippen molar-refractivity contribution in [3.63, 3.8) is 0 Å². The highest BCUT2D eigenvalue weighted by molar-refractivity contribution is 8.76. The van der Waals surface area contributed by atoms with Crippen LogP contribution in [0.15, 0.2) is 85.1 Å². The predicted octanol–water partition coefficient (Wildman–Crippen LogP) is 0.839. The molecule has 1 aliphatic heterocycles. The molecular weight excluding hydrogens is 835 g/mol. The molecule has 0 radical (unpaired) electrons. The van der Waals surface area contributed by atoms with Crippen molar-refractivity contribution in [2.75, 3.05) is 18.1 Å². The van der Waals surface area contributed by atoms with E-state index < -0.39 is 77.6 Å². The molecule has 12 N–H and O–H groups in total. The van der Waals surface area contributed by atoms with E-state index in [4.69, 9.17) is 11.5 Å². The third-order valence-electron chi connectivity index (χ3n) is 10.1. The Morgan fingerprint density at radius 3 is 1.87 bits per heavy atom. The molecule has 17 nitrogen and oxygen atoms in total. The van der Waals surface area contributed by atoms with Crippen LogP contribution in [0.2, 0.25) is 0 Å². The van der Waals surface area contributed by atoms with Gasteiger partial charge in [-0.25, -0.2) is 0 Å². The zero-order valence-electron chi connectivity index (χ0n) is 34.2. The van der Waals surface area contributed by atoms with E-state index >= 15 is 0 Å². The van der Waals surface area contributed by atoms with E-state index in [0.29, 0.717) is 36.1 Å². The molecule has 0 spiro atoms. The van der Waals surface area contributed by atoms with Crippen LogP contribution >= 0.6 is 21.6 Å². The summed E-state index contributed by atoms with van der Waals surface area (Å²) in [6.07, 6.45) is 2.73. The monoisotopic (exact) mass is 887 g/mol. The van der Waals surface area contributed by atoms with Gasteiger partial charge in [0.15, 0.2) is 0 Å². The van der Waals surface area contributed by atoms with Gasteiger partial charge in [0.1, 0.15) is 42.0 Å². The molecule has 0 aliphatic carbocycles. The molecule has 2 heterocycles. The molecule has 1 fully saturated rings. The Morgan fingerprint density at radius 2 is 1.23 bits per heavy atom. The molecule has 1 saturated heterocycles. The highest BCUT2D eigenvalue weighted by Crippen LogP contribution is 2.24. The lowest BCUT2D eigenvalue weighted by molar-refractivity contribution is -0.135. The number of hydrogen-bond acceptors (Lipinski definition) is 11. The second-order valence-corrected chi connectivity index (χ2v) is 17.5. The quantitative estimate of drug-likeness (QED) is 0.0703. The van der Waals surface area contributed by atoms with Gasteiger partial charge in [-0.15, -0.1) is 0 Å². The van der Waals surface area contributed by atoms with Crippen molar-refractivity contribution >= 4 is 73.8 Å². The van der Waals surface area contributed by atoms with E-state index in [-0.39, 0.29) is 42.9 Å². The largest absolute Gasteiger partial charge is 0.508 e. The Hall–Kier alpha value is -6.05. The van der Waals surface area contributed by atoms with Gasteiger partial charge in [0.2, 0.25) is 41.4 Å². The number of phenolic OH excluding ortho intramolecular Hbond substituents is 1. The van der Waals surface area contributed by atoms with Crippen molar-refractivity contribution in [3.05, 3.63) is 102 Å². The summed E-state index contributed by atoms with van der Waals surface area (Å²) in [6.45, 7) is 1.56. The summed E-state index contributed by atoms with van der Waals surface area (Å²) < 4.78 is 0. The molecule has 0 unspecified atom stereocenters. The molecule has 1 aliphatic rings. The maximum absolute atomic E-state index is 14.5. The lowest BCUT2D eigenvalue weighted by Gasteiger charge is -2.28. The number of unbranched alkanes of at least 4 members (excludes halogenated alkanes) is 1. The summed E-state index contributed by atoms with van der Waals surface area (Å²) in [7, 11) is 2.24. The molecule has 7 amide bonds. The van der Waals surface area contributed by atoms with Gasteiger partial charge in [0.05, 0.1) is 0 Å². The number of H-pyrrole nitrogens is 1. The van der Waals surface area contributed by atoms with Crippen LogP contribution in [0.3, 0.4) is 0 Å². The average molecular weight is 888 g/mol. The van der Waals surface area contributed by atoms with Gasteiger partial charge < -0.3 is 53.5 Å². The molecule has 0 saturated carbocycles. The van der Waals surface area contributed by atoms with E-state index in [1.54, 1.807) is 42.6 Å². The first kappa shape index (κ1) is 47.0. The van der Waals surface area contributed by atoms with Crippen LogP contribution in [0.4, 0.5) is 0 Å². The summed E-state index contributed by atoms with van der Waals surface area (Å²) in [4.78, 5) is 99.3. The van der Waals surface area contributed by atoms with Gasteiger partial charge in [0, 0.05) is 54.8 Å². The number of fused-ring (bicyclic) bond motifs is 1. The van der Waals surface area contributed by atoms with Crippen molar-refractivity contribution in [2.24, 2.45) is 11.5 Å². The minimum absolute atomic E-state index is 0.00808. The van der Waals surface area contributed by atoms with Crippen LogP contribution < -0.4 is 43.4 Å². The van der Waals surface area contributed by atoms with Gasteiger partial charge >= 0.3 is 0 Å². The third-order valence-corrected chi connectivity index (χ3v) is 12.6. The number of nitrogens with two attached hydrogens (primary N) is 2. The number of benzene rings is 3. The minimum atomic E-state index is -1.28. The molecule has 0 bridgehead atoms. The van der Waals surface area contributed by atoms with Gasteiger partial charge in [-0.2, -0.15) is 0 Å². The van der Waals surface area contributed by atoms with Gasteiger partial charge in [-0.05, 0) is 60.7 Å². The first-order valence-electron chi connectivity index (χ1n) is 20.2. The maximum atomic E-state index is 14.5. The van der Waals surface area contributed by atoms with E-state index in [9.17, 15) is 38.7 Å². The SMILES string of the molecule is CC(=O)N[C@H]1CSSC[C@@H](C(N)=O)NC(=O)[C@H](Cc2ccc(O)cc2)NC(=O)[C@H](CCCCN)NC(=O)[C@H](Cc2c[nH]c3ccccc23)NC(=O)[C@H](Cc2ccccc2)NC1=O. The van der Waals surface area contributed by atoms with Gasteiger partial charge in [-0.3, -0.25) is 33.6 Å². The fourth-order valence-electron chi connectivity index (χ4n) is 6.84. The lowest BCUT2D eigenvalue weighted by Crippen LogP contribution is -2.60. The number of hydrogen-bond donors (Lipinski definition) is 10. The molecule has 62 heavy (non-hydrogen) atoms. The molecule has 19 heteroatoms. The number of aromatic nitrogens is 1. The number of aromatic amines is 1. The molecule has 1 aromatic heterocycles. The number of primary amides is 1.